The Hall–Kier alpha value is -3.82. The number of anilines is 1. The van der Waals surface area contributed by atoms with Crippen molar-refractivity contribution in [3.8, 4) is 23.3 Å². The third-order valence-electron chi connectivity index (χ3n) is 6.18. The van der Waals surface area contributed by atoms with Crippen LogP contribution in [0.5, 0.6) is 17.6 Å². The van der Waals surface area contributed by atoms with Gasteiger partial charge in [-0.15, -0.1) is 0 Å². The standard InChI is InChI=1S/C23H24FN5O4/c24-15-5-7-19(25-13-15)27-9-11-28(12-10-27)23(32)33-20-8-6-16(14-26-20)29-21(30)17-3-1-2-4-18(17)22(29)31/h5-8,13-14,30-31H,1-4,9-12H2. The number of carbonyl (C=O) groups is 1. The van der Waals surface area contributed by atoms with E-state index in [1.54, 1.807) is 17.0 Å². The second-order valence-electron chi connectivity index (χ2n) is 8.18. The summed E-state index contributed by atoms with van der Waals surface area (Å²) in [6, 6.07) is 6.15. The predicted molar refractivity (Wildman–Crippen MR) is 118 cm³/mol. The minimum absolute atomic E-state index is 0.0299. The molecule has 33 heavy (non-hydrogen) atoms. The summed E-state index contributed by atoms with van der Waals surface area (Å²) in [6.45, 7) is 1.98. The minimum Gasteiger partial charge on any atom is -0.494 e. The SMILES string of the molecule is O=C(Oc1ccc(-n2c(O)c3c(c2O)CCCC3)cn1)N1CCN(c2ccc(F)cn2)CC1. The van der Waals surface area contributed by atoms with Crippen molar-refractivity contribution in [3.05, 3.63) is 53.6 Å². The quantitative estimate of drug-likeness (QED) is 0.628. The predicted octanol–water partition coefficient (Wildman–Crippen LogP) is 3.02. The maximum atomic E-state index is 13.1. The van der Waals surface area contributed by atoms with Gasteiger partial charge in [-0.25, -0.2) is 23.7 Å². The molecule has 0 radical (unpaired) electrons. The molecule has 3 aromatic rings. The molecular weight excluding hydrogens is 429 g/mol. The van der Waals surface area contributed by atoms with Gasteiger partial charge >= 0.3 is 6.09 Å². The second-order valence-corrected chi connectivity index (χ2v) is 8.18. The van der Waals surface area contributed by atoms with Crippen molar-refractivity contribution in [2.75, 3.05) is 31.1 Å². The number of piperazine rings is 1. The molecular formula is C23H24FN5O4. The molecule has 3 aromatic heterocycles. The molecule has 2 aliphatic rings. The van der Waals surface area contributed by atoms with E-state index in [2.05, 4.69) is 9.97 Å². The maximum Gasteiger partial charge on any atom is 0.416 e. The van der Waals surface area contributed by atoms with Crippen LogP contribution in [0.4, 0.5) is 15.0 Å². The van der Waals surface area contributed by atoms with E-state index in [1.807, 2.05) is 4.90 Å². The molecule has 2 N–H and O–H groups in total. The van der Waals surface area contributed by atoms with Crippen LogP contribution in [0.3, 0.4) is 0 Å². The number of hydrogen-bond donors (Lipinski definition) is 2. The van der Waals surface area contributed by atoms with Crippen molar-refractivity contribution >= 4 is 11.9 Å². The Labute approximate surface area is 189 Å². The van der Waals surface area contributed by atoms with Crippen LogP contribution in [0.15, 0.2) is 36.7 Å². The first kappa shape index (κ1) is 21.0. The lowest BCUT2D eigenvalue weighted by molar-refractivity contribution is 0.147. The first-order valence-corrected chi connectivity index (χ1v) is 11.0. The molecule has 10 heteroatoms. The molecule has 172 valence electrons. The van der Waals surface area contributed by atoms with Gasteiger partial charge in [-0.3, -0.25) is 0 Å². The van der Waals surface area contributed by atoms with Crippen molar-refractivity contribution < 1.29 is 24.1 Å². The van der Waals surface area contributed by atoms with Gasteiger partial charge < -0.3 is 24.7 Å². The zero-order chi connectivity index (χ0) is 22.9. The van der Waals surface area contributed by atoms with E-state index >= 15 is 0 Å². The second kappa shape index (κ2) is 8.61. The van der Waals surface area contributed by atoms with Crippen LogP contribution in [-0.2, 0) is 12.8 Å². The molecule has 1 saturated heterocycles. The molecule has 1 amide bonds. The summed E-state index contributed by atoms with van der Waals surface area (Å²) in [4.78, 5) is 24.4. The van der Waals surface area contributed by atoms with Crippen molar-refractivity contribution in [1.29, 1.82) is 0 Å². The van der Waals surface area contributed by atoms with E-state index < -0.39 is 6.09 Å². The highest BCUT2D eigenvalue weighted by molar-refractivity contribution is 5.70. The Balaban J connectivity index is 1.22. The molecule has 0 spiro atoms. The van der Waals surface area contributed by atoms with E-state index in [0.29, 0.717) is 37.7 Å². The largest absolute Gasteiger partial charge is 0.494 e. The molecule has 0 unspecified atom stereocenters. The molecule has 5 rings (SSSR count). The van der Waals surface area contributed by atoms with Gasteiger partial charge in [-0.1, -0.05) is 0 Å². The Morgan fingerprint density at radius 1 is 0.909 bits per heavy atom. The van der Waals surface area contributed by atoms with Gasteiger partial charge in [0, 0.05) is 43.4 Å². The van der Waals surface area contributed by atoms with Gasteiger partial charge in [0.05, 0.1) is 18.1 Å². The highest BCUT2D eigenvalue weighted by Crippen LogP contribution is 2.40. The van der Waals surface area contributed by atoms with Gasteiger partial charge in [0.1, 0.15) is 11.6 Å². The fourth-order valence-electron chi connectivity index (χ4n) is 4.41. The van der Waals surface area contributed by atoms with E-state index in [1.165, 1.54) is 29.1 Å². The van der Waals surface area contributed by atoms with Gasteiger partial charge in [-0.2, -0.15) is 0 Å². The zero-order valence-electron chi connectivity index (χ0n) is 17.9. The Morgan fingerprint density at radius 2 is 1.61 bits per heavy atom. The van der Waals surface area contributed by atoms with E-state index in [-0.39, 0.29) is 23.5 Å². The lowest BCUT2D eigenvalue weighted by atomic mass is 9.95. The zero-order valence-corrected chi connectivity index (χ0v) is 17.9. The van der Waals surface area contributed by atoms with Gasteiger partial charge in [-0.05, 0) is 43.9 Å². The number of ether oxygens (including phenoxy) is 1. The summed E-state index contributed by atoms with van der Waals surface area (Å²) >= 11 is 0. The van der Waals surface area contributed by atoms with E-state index in [0.717, 1.165) is 36.8 Å². The molecule has 0 atom stereocenters. The number of amides is 1. The summed E-state index contributed by atoms with van der Waals surface area (Å²) in [7, 11) is 0. The van der Waals surface area contributed by atoms with E-state index in [4.69, 9.17) is 4.74 Å². The summed E-state index contributed by atoms with van der Waals surface area (Å²) in [5.74, 6) is 0.466. The van der Waals surface area contributed by atoms with E-state index in [9.17, 15) is 19.4 Å². The van der Waals surface area contributed by atoms with Crippen LogP contribution in [0.1, 0.15) is 24.0 Å². The topological polar surface area (TPSA) is 104 Å². The van der Waals surface area contributed by atoms with Crippen LogP contribution in [0.2, 0.25) is 0 Å². The van der Waals surface area contributed by atoms with Crippen molar-refractivity contribution in [2.24, 2.45) is 0 Å². The average molecular weight is 453 g/mol. The fourth-order valence-corrected chi connectivity index (χ4v) is 4.41. The number of halogens is 1. The van der Waals surface area contributed by atoms with Crippen molar-refractivity contribution in [1.82, 2.24) is 19.4 Å². The van der Waals surface area contributed by atoms with Crippen LogP contribution in [0, 0.1) is 5.82 Å². The molecule has 4 heterocycles. The van der Waals surface area contributed by atoms with Crippen LogP contribution < -0.4 is 9.64 Å². The summed E-state index contributed by atoms with van der Waals surface area (Å²) in [6.07, 6.45) is 5.53. The highest BCUT2D eigenvalue weighted by atomic mass is 19.1. The molecule has 0 bridgehead atoms. The Kier molecular flexibility index (Phi) is 5.49. The number of aromatic nitrogens is 3. The van der Waals surface area contributed by atoms with Crippen LogP contribution in [-0.4, -0.2) is 61.9 Å². The van der Waals surface area contributed by atoms with Crippen LogP contribution in [0.25, 0.3) is 5.69 Å². The molecule has 0 aromatic carbocycles. The van der Waals surface area contributed by atoms with Gasteiger partial charge in [0.2, 0.25) is 17.6 Å². The lowest BCUT2D eigenvalue weighted by Crippen LogP contribution is -2.49. The molecule has 1 fully saturated rings. The monoisotopic (exact) mass is 453 g/mol. The first-order chi connectivity index (χ1) is 16.0. The number of rotatable bonds is 3. The molecule has 0 saturated carbocycles. The molecule has 1 aliphatic heterocycles. The third kappa shape index (κ3) is 4.04. The summed E-state index contributed by atoms with van der Waals surface area (Å²) in [5, 5.41) is 21.1. The number of fused-ring (bicyclic) bond motifs is 1. The fraction of sp³-hybridized carbons (Fsp3) is 0.348. The smallest absolute Gasteiger partial charge is 0.416 e. The average Bonchev–Trinajstić information content (AvgIpc) is 3.10. The lowest BCUT2D eigenvalue weighted by Gasteiger charge is -2.34. The molecule has 1 aliphatic carbocycles. The number of carbonyl (C=O) groups excluding carboxylic acids is 1. The minimum atomic E-state index is -0.510. The van der Waals surface area contributed by atoms with Crippen LogP contribution >= 0.6 is 0 Å². The first-order valence-electron chi connectivity index (χ1n) is 11.0. The maximum absolute atomic E-state index is 13.1. The third-order valence-corrected chi connectivity index (χ3v) is 6.18. The van der Waals surface area contributed by atoms with Gasteiger partial charge in [0.25, 0.3) is 0 Å². The number of nitrogens with zero attached hydrogens (tertiary/aromatic N) is 5. The Bertz CT molecular complexity index is 1130. The van der Waals surface area contributed by atoms with Crippen molar-refractivity contribution in [2.45, 2.75) is 25.7 Å². The number of pyridine rings is 2. The highest BCUT2D eigenvalue weighted by Gasteiger charge is 2.26. The van der Waals surface area contributed by atoms with Gasteiger partial charge in [0.15, 0.2) is 0 Å². The summed E-state index contributed by atoms with van der Waals surface area (Å²) < 4.78 is 19.8. The Morgan fingerprint density at radius 3 is 2.18 bits per heavy atom. The van der Waals surface area contributed by atoms with Crippen molar-refractivity contribution in [3.63, 3.8) is 0 Å². The molecule has 9 nitrogen and oxygen atoms in total. The normalized spacial score (nSPS) is 15.9. The summed E-state index contributed by atoms with van der Waals surface area (Å²) in [5.41, 5.74) is 2.05. The number of hydrogen-bond acceptors (Lipinski definition) is 7. The number of aromatic hydroxyl groups is 2.